The van der Waals surface area contributed by atoms with Crippen LogP contribution in [0.15, 0.2) is 24.3 Å². The summed E-state index contributed by atoms with van der Waals surface area (Å²) in [7, 11) is 1.66. The molecule has 0 spiro atoms. The van der Waals surface area contributed by atoms with Gasteiger partial charge in [0.2, 0.25) is 0 Å². The van der Waals surface area contributed by atoms with Crippen LogP contribution in [0.5, 0.6) is 5.75 Å². The van der Waals surface area contributed by atoms with Crippen molar-refractivity contribution in [3.8, 4) is 5.75 Å². The average molecular weight is 385 g/mol. The zero-order valence-corrected chi connectivity index (χ0v) is 17.3. The highest BCUT2D eigenvalue weighted by Crippen LogP contribution is 2.47. The van der Waals surface area contributed by atoms with E-state index in [1.165, 1.54) is 23.3 Å². The number of hydrogen-bond acceptors (Lipinski definition) is 4. The van der Waals surface area contributed by atoms with Crippen molar-refractivity contribution in [3.05, 3.63) is 45.8 Å². The van der Waals surface area contributed by atoms with E-state index in [2.05, 4.69) is 31.4 Å². The highest BCUT2D eigenvalue weighted by molar-refractivity contribution is 7.16. The number of rotatable bonds is 4. The van der Waals surface area contributed by atoms with Gasteiger partial charge in [0.15, 0.2) is 0 Å². The van der Waals surface area contributed by atoms with Crippen LogP contribution < -0.4 is 15.4 Å². The van der Waals surface area contributed by atoms with Crippen LogP contribution in [0.2, 0.25) is 0 Å². The number of fused-ring (bicyclic) bond motifs is 3. The smallest absolute Gasteiger partial charge is 0.256 e. The zero-order valence-electron chi connectivity index (χ0n) is 16.5. The van der Waals surface area contributed by atoms with Gasteiger partial charge in [-0.3, -0.25) is 4.79 Å². The van der Waals surface area contributed by atoms with Crippen molar-refractivity contribution in [3.63, 3.8) is 0 Å². The summed E-state index contributed by atoms with van der Waals surface area (Å²) < 4.78 is 5.48. The Hall–Kier alpha value is -2.01. The molecule has 1 aromatic heterocycles. The molecule has 5 heteroatoms. The van der Waals surface area contributed by atoms with Gasteiger partial charge in [-0.05, 0) is 42.2 Å². The van der Waals surface area contributed by atoms with Crippen LogP contribution in [0.3, 0.4) is 0 Å². The number of methoxy groups -OCH3 is 1. The Balaban J connectivity index is 1.65. The Morgan fingerprint density at radius 2 is 2.04 bits per heavy atom. The van der Waals surface area contributed by atoms with Gasteiger partial charge >= 0.3 is 0 Å². The summed E-state index contributed by atoms with van der Waals surface area (Å²) in [5.74, 6) is 1.50. The number of ether oxygens (including phenoxy) is 1. The van der Waals surface area contributed by atoms with Crippen LogP contribution in [0, 0.1) is 11.3 Å². The first kappa shape index (κ1) is 18.4. The van der Waals surface area contributed by atoms with Gasteiger partial charge in [-0.2, -0.15) is 0 Å². The quantitative estimate of drug-likeness (QED) is 0.766. The average Bonchev–Trinajstić information content (AvgIpc) is 3.05. The highest BCUT2D eigenvalue weighted by atomic mass is 32.1. The predicted octanol–water partition coefficient (Wildman–Crippen LogP) is 5.15. The third-order valence-electron chi connectivity index (χ3n) is 6.51. The molecule has 2 aliphatic rings. The number of carbonyl (C=O) groups is 1. The number of amides is 1. The number of thiophene rings is 1. The molecule has 4 nitrogen and oxygen atoms in total. The molecule has 27 heavy (non-hydrogen) atoms. The van der Waals surface area contributed by atoms with Crippen molar-refractivity contribution < 1.29 is 9.53 Å². The lowest BCUT2D eigenvalue weighted by atomic mass is 9.69. The van der Waals surface area contributed by atoms with E-state index in [1.54, 1.807) is 18.4 Å². The summed E-state index contributed by atoms with van der Waals surface area (Å²) in [5, 5.41) is 7.69. The van der Waals surface area contributed by atoms with Crippen LogP contribution >= 0.6 is 11.3 Å². The van der Waals surface area contributed by atoms with Crippen molar-refractivity contribution in [2.24, 2.45) is 11.3 Å². The first-order valence-electron chi connectivity index (χ1n) is 9.79. The van der Waals surface area contributed by atoms with Gasteiger partial charge in [-0.1, -0.05) is 45.4 Å². The minimum Gasteiger partial charge on any atom is -0.496 e. The third kappa shape index (κ3) is 3.12. The number of hydrogen-bond donors (Lipinski definition) is 2. The number of carbonyl (C=O) groups excluding carboxylic acids is 1. The molecule has 0 bridgehead atoms. The standard InChI is InChI=1S/C22H28N2O2S/c1-5-22(2,3)13-10-11-15-17(12-13)27-21-18(15)20(25)23-19(24-21)14-8-6-7-9-16(14)26-4/h6-9,13,19,24H,5,10-12H2,1-4H3,(H,23,25). The van der Waals surface area contributed by atoms with Crippen molar-refractivity contribution >= 4 is 22.2 Å². The van der Waals surface area contributed by atoms with Gasteiger partial charge in [0.1, 0.15) is 16.9 Å². The highest BCUT2D eigenvalue weighted by Gasteiger charge is 2.37. The fourth-order valence-electron chi connectivity index (χ4n) is 4.31. The number of para-hydroxylation sites is 1. The molecule has 1 aliphatic heterocycles. The van der Waals surface area contributed by atoms with Crippen LogP contribution in [-0.4, -0.2) is 13.0 Å². The summed E-state index contributed by atoms with van der Waals surface area (Å²) in [5.41, 5.74) is 3.43. The van der Waals surface area contributed by atoms with Gasteiger partial charge in [0.05, 0.1) is 12.7 Å². The Bertz CT molecular complexity index is 871. The number of anilines is 1. The summed E-state index contributed by atoms with van der Waals surface area (Å²) in [6.07, 6.45) is 4.18. The molecule has 0 saturated carbocycles. The van der Waals surface area contributed by atoms with Crippen molar-refractivity contribution in [1.29, 1.82) is 0 Å². The van der Waals surface area contributed by atoms with E-state index in [0.29, 0.717) is 11.3 Å². The molecule has 2 N–H and O–H groups in total. The zero-order chi connectivity index (χ0) is 19.2. The fraction of sp³-hybridized carbons (Fsp3) is 0.500. The second kappa shape index (κ2) is 6.86. The van der Waals surface area contributed by atoms with Crippen LogP contribution in [0.1, 0.15) is 66.1 Å². The van der Waals surface area contributed by atoms with Gasteiger partial charge in [0, 0.05) is 10.4 Å². The van der Waals surface area contributed by atoms with E-state index in [-0.39, 0.29) is 12.1 Å². The topological polar surface area (TPSA) is 50.4 Å². The van der Waals surface area contributed by atoms with Crippen LogP contribution in [-0.2, 0) is 12.8 Å². The second-order valence-electron chi connectivity index (χ2n) is 8.28. The molecule has 2 atom stereocenters. The van der Waals surface area contributed by atoms with Gasteiger partial charge in [-0.15, -0.1) is 11.3 Å². The minimum atomic E-state index is -0.260. The Morgan fingerprint density at radius 3 is 2.78 bits per heavy atom. The lowest BCUT2D eigenvalue weighted by Gasteiger charge is -2.36. The fourth-order valence-corrected chi connectivity index (χ4v) is 5.67. The Kier molecular flexibility index (Phi) is 4.66. The Morgan fingerprint density at radius 1 is 1.26 bits per heavy atom. The maximum atomic E-state index is 13.0. The summed E-state index contributed by atoms with van der Waals surface area (Å²) in [4.78, 5) is 14.3. The van der Waals surface area contributed by atoms with Gasteiger partial charge < -0.3 is 15.4 Å². The maximum Gasteiger partial charge on any atom is 0.256 e. The molecule has 1 aromatic carbocycles. The largest absolute Gasteiger partial charge is 0.496 e. The van der Waals surface area contributed by atoms with Gasteiger partial charge in [-0.25, -0.2) is 0 Å². The SMILES string of the molecule is CCC(C)(C)C1CCc2c(sc3c2C(=O)NC(c2ccccc2OC)N3)C1. The van der Waals surface area contributed by atoms with Crippen molar-refractivity contribution in [2.75, 3.05) is 12.4 Å². The first-order chi connectivity index (χ1) is 12.9. The lowest BCUT2D eigenvalue weighted by Crippen LogP contribution is -2.38. The van der Waals surface area contributed by atoms with Crippen LogP contribution in [0.4, 0.5) is 5.00 Å². The first-order valence-corrected chi connectivity index (χ1v) is 10.6. The third-order valence-corrected chi connectivity index (χ3v) is 7.70. The molecular weight excluding hydrogens is 356 g/mol. The van der Waals surface area contributed by atoms with E-state index < -0.39 is 0 Å². The second-order valence-corrected chi connectivity index (χ2v) is 9.39. The normalized spacial score (nSPS) is 21.7. The van der Waals surface area contributed by atoms with E-state index in [1.807, 2.05) is 24.3 Å². The summed E-state index contributed by atoms with van der Waals surface area (Å²) in [6, 6.07) is 7.83. The maximum absolute atomic E-state index is 13.0. The summed E-state index contributed by atoms with van der Waals surface area (Å²) >= 11 is 1.77. The molecule has 0 fully saturated rings. The van der Waals surface area contributed by atoms with Crippen molar-refractivity contribution in [1.82, 2.24) is 5.32 Å². The predicted molar refractivity (Wildman–Crippen MR) is 111 cm³/mol. The van der Waals surface area contributed by atoms with Crippen LogP contribution in [0.25, 0.3) is 0 Å². The molecule has 2 unspecified atom stereocenters. The van der Waals surface area contributed by atoms with Gasteiger partial charge in [0.25, 0.3) is 5.91 Å². The molecule has 0 radical (unpaired) electrons. The lowest BCUT2D eigenvalue weighted by molar-refractivity contribution is 0.0934. The monoisotopic (exact) mass is 384 g/mol. The van der Waals surface area contributed by atoms with Crippen molar-refractivity contribution in [2.45, 2.75) is 52.6 Å². The molecular formula is C22H28N2O2S. The summed E-state index contributed by atoms with van der Waals surface area (Å²) in [6.45, 7) is 7.03. The molecule has 0 saturated heterocycles. The molecule has 144 valence electrons. The molecule has 1 amide bonds. The van der Waals surface area contributed by atoms with E-state index in [9.17, 15) is 4.79 Å². The molecule has 4 rings (SSSR count). The molecule has 2 heterocycles. The molecule has 2 aromatic rings. The van der Waals surface area contributed by atoms with E-state index >= 15 is 0 Å². The molecule has 1 aliphatic carbocycles. The van der Waals surface area contributed by atoms with E-state index in [4.69, 9.17) is 4.74 Å². The van der Waals surface area contributed by atoms with E-state index in [0.717, 1.165) is 34.7 Å². The Labute approximate surface area is 165 Å². The number of nitrogens with one attached hydrogen (secondary N) is 2. The minimum absolute atomic E-state index is 0.0327. The number of benzene rings is 1.